The molecule has 6 nitrogen and oxygen atoms in total. The van der Waals surface area contributed by atoms with E-state index in [0.29, 0.717) is 11.3 Å². The van der Waals surface area contributed by atoms with Gasteiger partial charge in [0.2, 0.25) is 0 Å². The Morgan fingerprint density at radius 1 is 1.03 bits per heavy atom. The summed E-state index contributed by atoms with van der Waals surface area (Å²) in [6.07, 6.45) is 7.09. The smallest absolute Gasteiger partial charge is 0.336 e. The highest BCUT2D eigenvalue weighted by Crippen LogP contribution is 2.49. The molecule has 0 spiro atoms. The summed E-state index contributed by atoms with van der Waals surface area (Å²) in [4.78, 5) is 33.3. The predicted octanol–water partition coefficient (Wildman–Crippen LogP) is 4.89. The lowest BCUT2D eigenvalue weighted by Gasteiger charge is -2.14. The number of carbonyl (C=O) groups is 3. The number of carbonyl (C=O) groups excluding carboxylic acids is 2. The first-order valence-electron chi connectivity index (χ1n) is 9.70. The van der Waals surface area contributed by atoms with Crippen LogP contribution in [0.4, 0.5) is 0 Å². The number of epoxide rings is 1. The average Bonchev–Trinajstić information content (AvgIpc) is 3.57. The number of halogens is 1. The number of carboxylic acid groups (broad SMARTS) is 1. The van der Waals surface area contributed by atoms with Gasteiger partial charge in [-0.05, 0) is 56.9 Å². The van der Waals surface area contributed by atoms with Crippen LogP contribution in [0.25, 0.3) is 0 Å². The molecular weight excluding hydrogens is 452 g/mol. The van der Waals surface area contributed by atoms with Crippen molar-refractivity contribution >= 4 is 33.5 Å². The molecule has 30 heavy (non-hydrogen) atoms. The molecule has 162 valence electrons. The molecule has 1 unspecified atom stereocenters. The van der Waals surface area contributed by atoms with Gasteiger partial charge in [0.1, 0.15) is 0 Å². The van der Waals surface area contributed by atoms with E-state index in [9.17, 15) is 14.4 Å². The molecule has 1 saturated carbocycles. The standard InChI is InChI=1S/C11H13BrO2.C9H8O4.C3H6/c1-5-6(2)9(11(13)14)8(4)10(12)7(5)3;1-5(10)9-7(12-2)3-6(11)4-8(9)13-9;1-2-3-1/h1-4H3,(H,13,14);3-4H,1-2H3;1-3H2. The summed E-state index contributed by atoms with van der Waals surface area (Å²) < 4.78 is 10.9. The van der Waals surface area contributed by atoms with Crippen LogP contribution >= 0.6 is 15.9 Å². The Morgan fingerprint density at radius 3 is 2.03 bits per heavy atom. The van der Waals surface area contributed by atoms with Gasteiger partial charge in [-0.15, -0.1) is 0 Å². The lowest BCUT2D eigenvalue weighted by atomic mass is 9.94. The third-order valence-electron chi connectivity index (χ3n) is 5.28. The zero-order valence-corrected chi connectivity index (χ0v) is 19.7. The van der Waals surface area contributed by atoms with E-state index in [2.05, 4.69) is 15.9 Å². The van der Waals surface area contributed by atoms with Crippen molar-refractivity contribution < 1.29 is 29.0 Å². The van der Waals surface area contributed by atoms with E-state index in [1.54, 1.807) is 0 Å². The lowest BCUT2D eigenvalue weighted by molar-refractivity contribution is -0.121. The van der Waals surface area contributed by atoms with Crippen LogP contribution in [0.3, 0.4) is 0 Å². The fraction of sp³-hybridized carbons (Fsp3) is 0.435. The van der Waals surface area contributed by atoms with Crippen LogP contribution in [0, 0.1) is 27.7 Å². The Labute approximate surface area is 185 Å². The van der Waals surface area contributed by atoms with Crippen LogP contribution in [0.5, 0.6) is 0 Å². The molecule has 2 fully saturated rings. The minimum atomic E-state index is -1.07. The fourth-order valence-electron chi connectivity index (χ4n) is 3.09. The second-order valence-electron chi connectivity index (χ2n) is 7.52. The first kappa shape index (κ1) is 23.9. The van der Waals surface area contributed by atoms with E-state index in [4.69, 9.17) is 14.6 Å². The molecule has 0 aromatic heterocycles. The molecule has 1 aromatic rings. The molecule has 1 heterocycles. The number of carboxylic acids is 1. The Kier molecular flexibility index (Phi) is 7.29. The van der Waals surface area contributed by atoms with Gasteiger partial charge in [0.15, 0.2) is 23.1 Å². The van der Waals surface area contributed by atoms with Crippen molar-refractivity contribution in [2.75, 3.05) is 7.11 Å². The maximum Gasteiger partial charge on any atom is 0.336 e. The summed E-state index contributed by atoms with van der Waals surface area (Å²) >= 11 is 3.42. The number of fused-ring (bicyclic) bond motifs is 1. The second kappa shape index (κ2) is 9.16. The Bertz CT molecular complexity index is 939. The third kappa shape index (κ3) is 4.67. The zero-order chi connectivity index (χ0) is 22.8. The van der Waals surface area contributed by atoms with Crippen molar-refractivity contribution in [1.29, 1.82) is 0 Å². The number of hydrogen-bond donors (Lipinski definition) is 1. The number of allylic oxidation sites excluding steroid dienone is 2. The van der Waals surface area contributed by atoms with E-state index < -0.39 is 11.6 Å². The first-order chi connectivity index (χ1) is 14.0. The molecular formula is C23H27BrO6. The largest absolute Gasteiger partial charge is 0.496 e. The third-order valence-corrected chi connectivity index (χ3v) is 6.47. The first-order valence-corrected chi connectivity index (χ1v) is 10.5. The van der Waals surface area contributed by atoms with Gasteiger partial charge >= 0.3 is 5.97 Å². The topological polar surface area (TPSA) is 93.2 Å². The molecule has 0 radical (unpaired) electrons. The Balaban J connectivity index is 0.000000187. The van der Waals surface area contributed by atoms with Crippen LogP contribution in [0.2, 0.25) is 0 Å². The van der Waals surface area contributed by atoms with Crippen molar-refractivity contribution in [1.82, 2.24) is 0 Å². The summed E-state index contributed by atoms with van der Waals surface area (Å²) in [6, 6.07) is 0. The van der Waals surface area contributed by atoms with Gasteiger partial charge in [0, 0.05) is 16.6 Å². The number of aromatic carboxylic acids is 1. The number of ketones is 2. The highest BCUT2D eigenvalue weighted by atomic mass is 79.9. The molecule has 1 atom stereocenters. The maximum atomic E-state index is 11.2. The Morgan fingerprint density at radius 2 is 1.60 bits per heavy atom. The predicted molar refractivity (Wildman–Crippen MR) is 117 cm³/mol. The molecule has 3 aliphatic rings. The zero-order valence-electron chi connectivity index (χ0n) is 18.1. The summed E-state index contributed by atoms with van der Waals surface area (Å²) in [5, 5.41) is 9.07. The van der Waals surface area contributed by atoms with Gasteiger partial charge < -0.3 is 14.6 Å². The molecule has 0 amide bonds. The minimum Gasteiger partial charge on any atom is -0.496 e. The van der Waals surface area contributed by atoms with Gasteiger partial charge in [0.25, 0.3) is 5.60 Å². The summed E-state index contributed by atoms with van der Waals surface area (Å²) in [6.45, 7) is 9.02. The minimum absolute atomic E-state index is 0.167. The fourth-order valence-corrected chi connectivity index (χ4v) is 3.59. The van der Waals surface area contributed by atoms with Crippen molar-refractivity contribution in [3.8, 4) is 0 Å². The SMILES string of the molecule is C1CC1.COC1=CC(=O)C=C2OC12C(C)=O.Cc1c(C)c(Br)c(C)c(C(=O)O)c1C. The highest BCUT2D eigenvalue weighted by Gasteiger charge is 2.63. The number of benzene rings is 1. The van der Waals surface area contributed by atoms with Crippen LogP contribution in [0.15, 0.2) is 28.1 Å². The Hall–Kier alpha value is -2.41. The lowest BCUT2D eigenvalue weighted by Crippen LogP contribution is -2.27. The molecule has 0 bridgehead atoms. The van der Waals surface area contributed by atoms with Crippen molar-refractivity contribution in [2.45, 2.75) is 59.5 Å². The van der Waals surface area contributed by atoms with Crippen molar-refractivity contribution in [2.24, 2.45) is 0 Å². The van der Waals surface area contributed by atoms with Crippen molar-refractivity contribution in [3.05, 3.63) is 56.0 Å². The average molecular weight is 479 g/mol. The quantitative estimate of drug-likeness (QED) is 0.621. The number of Topliss-reactive ketones (excluding diaryl/α,β-unsaturated/α-hetero) is 1. The number of methoxy groups -OCH3 is 1. The molecule has 7 heteroatoms. The van der Waals surface area contributed by atoms with Crippen LogP contribution < -0.4 is 0 Å². The van der Waals surface area contributed by atoms with Gasteiger partial charge in [-0.3, -0.25) is 9.59 Å². The number of hydrogen-bond acceptors (Lipinski definition) is 5. The molecule has 2 aliphatic carbocycles. The second-order valence-corrected chi connectivity index (χ2v) is 8.31. The van der Waals surface area contributed by atoms with E-state index >= 15 is 0 Å². The molecule has 1 N–H and O–H groups in total. The molecule has 1 aromatic carbocycles. The van der Waals surface area contributed by atoms with Gasteiger partial charge in [-0.2, -0.15) is 0 Å². The maximum absolute atomic E-state index is 11.2. The van der Waals surface area contributed by atoms with E-state index in [0.717, 1.165) is 26.7 Å². The van der Waals surface area contributed by atoms with Crippen molar-refractivity contribution in [3.63, 3.8) is 0 Å². The molecule has 4 rings (SSSR count). The molecule has 1 saturated heterocycles. The van der Waals surface area contributed by atoms with Gasteiger partial charge in [0.05, 0.1) is 12.7 Å². The summed E-state index contributed by atoms with van der Waals surface area (Å²) in [5.74, 6) is -0.559. The number of rotatable bonds is 3. The van der Waals surface area contributed by atoms with Gasteiger partial charge in [-0.25, -0.2) is 4.79 Å². The highest BCUT2D eigenvalue weighted by molar-refractivity contribution is 9.10. The summed E-state index contributed by atoms with van der Waals surface area (Å²) in [5.41, 5.74) is 3.17. The number of ether oxygens (including phenoxy) is 2. The van der Waals surface area contributed by atoms with Crippen LogP contribution in [-0.2, 0) is 19.1 Å². The van der Waals surface area contributed by atoms with E-state index in [1.165, 1.54) is 45.4 Å². The molecule has 1 aliphatic heterocycles. The van der Waals surface area contributed by atoms with Crippen LogP contribution in [-0.4, -0.2) is 35.4 Å². The normalized spacial score (nSPS) is 20.0. The van der Waals surface area contributed by atoms with Gasteiger partial charge in [-0.1, -0.05) is 35.2 Å². The van der Waals surface area contributed by atoms with E-state index in [-0.39, 0.29) is 17.3 Å². The monoisotopic (exact) mass is 478 g/mol. The van der Waals surface area contributed by atoms with Crippen LogP contribution in [0.1, 0.15) is 58.8 Å². The summed E-state index contributed by atoms with van der Waals surface area (Å²) in [7, 11) is 1.41. The van der Waals surface area contributed by atoms with E-state index in [1.807, 2.05) is 27.7 Å².